The number of nitrogens with zero attached hydrogens (tertiary/aromatic N) is 1. The van der Waals surface area contributed by atoms with Gasteiger partial charge in [-0.3, -0.25) is 4.79 Å². The molecule has 18 heavy (non-hydrogen) atoms. The second-order valence-electron chi connectivity index (χ2n) is 4.09. The number of pyridine rings is 1. The van der Waals surface area contributed by atoms with E-state index in [4.69, 9.17) is 16.7 Å². The molecule has 1 aromatic heterocycles. The first-order chi connectivity index (χ1) is 8.54. The Kier molecular flexibility index (Phi) is 6.46. The Bertz CT molecular complexity index is 403. The summed E-state index contributed by atoms with van der Waals surface area (Å²) in [4.78, 5) is 15.8. The van der Waals surface area contributed by atoms with E-state index < -0.39 is 0 Å². The Labute approximate surface area is 116 Å². The largest absolute Gasteiger partial charge is 0.396 e. The Morgan fingerprint density at radius 2 is 2.33 bits per heavy atom. The van der Waals surface area contributed by atoms with Crippen LogP contribution in [0.15, 0.2) is 18.3 Å². The van der Waals surface area contributed by atoms with Gasteiger partial charge in [0.25, 0.3) is 0 Å². The van der Waals surface area contributed by atoms with Gasteiger partial charge < -0.3 is 10.4 Å². The molecule has 2 atom stereocenters. The SMILES string of the molecule is CC(CO)CSC(C)C(=O)Nc1cccnc1Cl. The summed E-state index contributed by atoms with van der Waals surface area (Å²) in [5.74, 6) is 0.818. The highest BCUT2D eigenvalue weighted by atomic mass is 35.5. The lowest BCUT2D eigenvalue weighted by Crippen LogP contribution is -2.24. The molecule has 6 heteroatoms. The highest BCUT2D eigenvalue weighted by Crippen LogP contribution is 2.20. The van der Waals surface area contributed by atoms with Crippen molar-refractivity contribution < 1.29 is 9.90 Å². The van der Waals surface area contributed by atoms with Gasteiger partial charge in [0.1, 0.15) is 0 Å². The summed E-state index contributed by atoms with van der Waals surface area (Å²) in [5, 5.41) is 11.7. The first kappa shape index (κ1) is 15.3. The molecule has 100 valence electrons. The number of rotatable bonds is 6. The minimum Gasteiger partial charge on any atom is -0.396 e. The number of nitrogens with one attached hydrogen (secondary N) is 1. The molecule has 0 fully saturated rings. The van der Waals surface area contributed by atoms with E-state index in [1.54, 1.807) is 18.3 Å². The number of anilines is 1. The van der Waals surface area contributed by atoms with Crippen LogP contribution in [-0.4, -0.2) is 33.6 Å². The van der Waals surface area contributed by atoms with Crippen LogP contribution >= 0.6 is 23.4 Å². The van der Waals surface area contributed by atoms with Gasteiger partial charge in [-0.05, 0) is 30.7 Å². The fraction of sp³-hybridized carbons (Fsp3) is 0.500. The first-order valence-corrected chi connectivity index (χ1v) is 7.11. The van der Waals surface area contributed by atoms with Crippen LogP contribution in [0.3, 0.4) is 0 Å². The van der Waals surface area contributed by atoms with E-state index in [-0.39, 0.29) is 28.8 Å². The number of carbonyl (C=O) groups excluding carboxylic acids is 1. The zero-order chi connectivity index (χ0) is 13.5. The van der Waals surface area contributed by atoms with Crippen molar-refractivity contribution in [3.63, 3.8) is 0 Å². The standard InChI is InChI=1S/C12H17ClN2O2S/c1-8(6-16)7-18-9(2)12(17)15-10-4-3-5-14-11(10)13/h3-5,8-9,16H,6-7H2,1-2H3,(H,15,17). The van der Waals surface area contributed by atoms with Crippen molar-refractivity contribution in [1.82, 2.24) is 4.98 Å². The summed E-state index contributed by atoms with van der Waals surface area (Å²) < 4.78 is 0. The zero-order valence-corrected chi connectivity index (χ0v) is 12.0. The molecule has 1 aromatic rings. The lowest BCUT2D eigenvalue weighted by Gasteiger charge is -2.14. The molecule has 0 saturated carbocycles. The van der Waals surface area contributed by atoms with Gasteiger partial charge in [0.15, 0.2) is 5.15 Å². The van der Waals surface area contributed by atoms with Gasteiger partial charge in [0.2, 0.25) is 5.91 Å². The lowest BCUT2D eigenvalue weighted by molar-refractivity contribution is -0.115. The minimum atomic E-state index is -0.199. The number of aliphatic hydroxyl groups is 1. The highest BCUT2D eigenvalue weighted by molar-refractivity contribution is 8.00. The average molecular weight is 289 g/mol. The second kappa shape index (κ2) is 7.61. The molecule has 1 amide bonds. The van der Waals surface area contributed by atoms with Crippen LogP contribution in [0.25, 0.3) is 0 Å². The van der Waals surface area contributed by atoms with Gasteiger partial charge in [-0.15, -0.1) is 11.8 Å². The Balaban J connectivity index is 2.48. The van der Waals surface area contributed by atoms with Gasteiger partial charge in [-0.1, -0.05) is 18.5 Å². The second-order valence-corrected chi connectivity index (χ2v) is 5.83. The van der Waals surface area contributed by atoms with Crippen LogP contribution in [-0.2, 0) is 4.79 Å². The third-order valence-electron chi connectivity index (χ3n) is 2.33. The van der Waals surface area contributed by atoms with Crippen molar-refractivity contribution in [1.29, 1.82) is 0 Å². The van der Waals surface area contributed by atoms with Gasteiger partial charge >= 0.3 is 0 Å². The third-order valence-corrected chi connectivity index (χ3v) is 4.11. The van der Waals surface area contributed by atoms with Crippen LogP contribution in [0.4, 0.5) is 5.69 Å². The number of halogens is 1. The van der Waals surface area contributed by atoms with E-state index in [2.05, 4.69) is 10.3 Å². The van der Waals surface area contributed by atoms with Gasteiger partial charge in [-0.25, -0.2) is 4.98 Å². The summed E-state index contributed by atoms with van der Waals surface area (Å²) in [6.45, 7) is 3.90. The summed E-state index contributed by atoms with van der Waals surface area (Å²) in [6, 6.07) is 3.42. The first-order valence-electron chi connectivity index (χ1n) is 5.68. The predicted molar refractivity (Wildman–Crippen MR) is 76.0 cm³/mol. The van der Waals surface area contributed by atoms with Crippen molar-refractivity contribution in [2.45, 2.75) is 19.1 Å². The maximum atomic E-state index is 11.9. The number of carbonyl (C=O) groups is 1. The minimum absolute atomic E-state index is 0.111. The van der Waals surface area contributed by atoms with Crippen LogP contribution in [0, 0.1) is 5.92 Å². The molecule has 1 heterocycles. The van der Waals surface area contributed by atoms with E-state index in [1.807, 2.05) is 13.8 Å². The van der Waals surface area contributed by atoms with E-state index in [0.717, 1.165) is 5.75 Å². The van der Waals surface area contributed by atoms with E-state index in [1.165, 1.54) is 11.8 Å². The molecule has 0 saturated heterocycles. The third kappa shape index (κ3) is 4.84. The van der Waals surface area contributed by atoms with Crippen molar-refractivity contribution in [3.8, 4) is 0 Å². The molecule has 1 rings (SSSR count). The summed E-state index contributed by atoms with van der Waals surface area (Å²) in [7, 11) is 0. The maximum Gasteiger partial charge on any atom is 0.237 e. The molecule has 0 bridgehead atoms. The molecule has 0 radical (unpaired) electrons. The molecular weight excluding hydrogens is 272 g/mol. The topological polar surface area (TPSA) is 62.2 Å². The highest BCUT2D eigenvalue weighted by Gasteiger charge is 2.16. The predicted octanol–water partition coefficient (Wildman–Crippen LogP) is 2.42. The zero-order valence-electron chi connectivity index (χ0n) is 10.4. The molecule has 0 spiro atoms. The summed E-state index contributed by atoms with van der Waals surface area (Å²) in [5.41, 5.74) is 0.520. The fourth-order valence-corrected chi connectivity index (χ4v) is 2.25. The van der Waals surface area contributed by atoms with E-state index in [0.29, 0.717) is 5.69 Å². The molecule has 2 unspecified atom stereocenters. The summed E-state index contributed by atoms with van der Waals surface area (Å²) >= 11 is 7.36. The smallest absolute Gasteiger partial charge is 0.237 e. The molecule has 2 N–H and O–H groups in total. The number of thioether (sulfide) groups is 1. The van der Waals surface area contributed by atoms with Crippen LogP contribution in [0.1, 0.15) is 13.8 Å². The van der Waals surface area contributed by atoms with Gasteiger partial charge in [0, 0.05) is 12.8 Å². The molecular formula is C12H17ClN2O2S. The van der Waals surface area contributed by atoms with Crippen LogP contribution in [0.5, 0.6) is 0 Å². The summed E-state index contributed by atoms with van der Waals surface area (Å²) in [6.07, 6.45) is 1.57. The number of hydrogen-bond acceptors (Lipinski definition) is 4. The lowest BCUT2D eigenvalue weighted by atomic mass is 10.2. The number of amides is 1. The molecule has 0 aliphatic heterocycles. The van der Waals surface area contributed by atoms with Crippen molar-refractivity contribution >= 4 is 35.0 Å². The monoisotopic (exact) mass is 288 g/mol. The maximum absolute atomic E-state index is 11.9. The molecule has 4 nitrogen and oxygen atoms in total. The molecule has 0 aliphatic carbocycles. The van der Waals surface area contributed by atoms with Crippen LogP contribution < -0.4 is 5.32 Å². The fourth-order valence-electron chi connectivity index (χ4n) is 1.15. The van der Waals surface area contributed by atoms with Crippen molar-refractivity contribution in [2.24, 2.45) is 5.92 Å². The van der Waals surface area contributed by atoms with Crippen molar-refractivity contribution in [2.75, 3.05) is 17.7 Å². The average Bonchev–Trinajstić information content (AvgIpc) is 2.38. The molecule has 0 aromatic carbocycles. The Morgan fingerprint density at radius 1 is 1.61 bits per heavy atom. The number of hydrogen-bond donors (Lipinski definition) is 2. The normalized spacial score (nSPS) is 14.0. The van der Waals surface area contributed by atoms with E-state index in [9.17, 15) is 4.79 Å². The Hall–Kier alpha value is -0.780. The van der Waals surface area contributed by atoms with Gasteiger partial charge in [-0.2, -0.15) is 0 Å². The van der Waals surface area contributed by atoms with E-state index >= 15 is 0 Å². The Morgan fingerprint density at radius 3 is 2.94 bits per heavy atom. The number of aromatic nitrogens is 1. The van der Waals surface area contributed by atoms with Gasteiger partial charge in [0.05, 0.1) is 10.9 Å². The van der Waals surface area contributed by atoms with Crippen LogP contribution in [0.2, 0.25) is 5.15 Å². The number of aliphatic hydroxyl groups excluding tert-OH is 1. The quantitative estimate of drug-likeness (QED) is 0.789. The van der Waals surface area contributed by atoms with Crippen molar-refractivity contribution in [3.05, 3.63) is 23.5 Å². The molecule has 0 aliphatic rings.